The molecule has 66 valence electrons. The van der Waals surface area contributed by atoms with E-state index in [1.54, 1.807) is 0 Å². The van der Waals surface area contributed by atoms with Gasteiger partial charge in [-0.25, -0.2) is 0 Å². The van der Waals surface area contributed by atoms with Crippen molar-refractivity contribution in [1.82, 2.24) is 5.32 Å². The molecule has 0 amide bonds. The molecule has 0 aromatic rings. The number of rotatable bonds is 5. The van der Waals surface area contributed by atoms with Crippen LogP contribution in [0.25, 0.3) is 0 Å². The summed E-state index contributed by atoms with van der Waals surface area (Å²) in [6.45, 7) is 5.05. The van der Waals surface area contributed by atoms with E-state index in [0.717, 1.165) is 24.9 Å². The monoisotopic (exact) mass is 157 g/mol. The largest absolute Gasteiger partial charge is 0.393 e. The van der Waals surface area contributed by atoms with Gasteiger partial charge in [-0.3, -0.25) is 0 Å². The zero-order valence-corrected chi connectivity index (χ0v) is 7.51. The fraction of sp³-hybridized carbons (Fsp3) is 1.00. The smallest absolute Gasteiger partial charge is 0.0524 e. The molecule has 1 saturated carbocycles. The van der Waals surface area contributed by atoms with Crippen LogP contribution in [0.4, 0.5) is 0 Å². The third-order valence-corrected chi connectivity index (χ3v) is 2.42. The first kappa shape index (κ1) is 9.01. The molecule has 0 radical (unpaired) electrons. The molecule has 1 fully saturated rings. The summed E-state index contributed by atoms with van der Waals surface area (Å²) in [5.74, 6) is 0.920. The summed E-state index contributed by atoms with van der Waals surface area (Å²) < 4.78 is 0. The lowest BCUT2D eigenvalue weighted by atomic mass is 10.3. The zero-order valence-electron chi connectivity index (χ0n) is 7.51. The molecule has 0 heterocycles. The summed E-state index contributed by atoms with van der Waals surface area (Å²) in [5.41, 5.74) is 0. The molecule has 3 unspecified atom stereocenters. The average molecular weight is 157 g/mol. The van der Waals surface area contributed by atoms with E-state index in [0.29, 0.717) is 0 Å². The highest BCUT2D eigenvalue weighted by molar-refractivity contribution is 4.91. The van der Waals surface area contributed by atoms with Crippen LogP contribution in [0.3, 0.4) is 0 Å². The van der Waals surface area contributed by atoms with E-state index < -0.39 is 0 Å². The first-order chi connectivity index (χ1) is 5.24. The Bertz CT molecular complexity index is 114. The van der Waals surface area contributed by atoms with Crippen LogP contribution in [0.5, 0.6) is 0 Å². The second kappa shape index (κ2) is 4.07. The maximum Gasteiger partial charge on any atom is 0.0524 e. The molecule has 2 nitrogen and oxygen atoms in total. The predicted molar refractivity (Wildman–Crippen MR) is 46.5 cm³/mol. The summed E-state index contributed by atoms with van der Waals surface area (Å²) in [5, 5.41) is 12.4. The van der Waals surface area contributed by atoms with Gasteiger partial charge in [-0.1, -0.05) is 13.3 Å². The number of hydrogen-bond acceptors (Lipinski definition) is 2. The lowest BCUT2D eigenvalue weighted by molar-refractivity contribution is 0.183. The maximum absolute atomic E-state index is 8.97. The Balaban J connectivity index is 1.90. The summed E-state index contributed by atoms with van der Waals surface area (Å²) in [4.78, 5) is 0. The highest BCUT2D eigenvalue weighted by Crippen LogP contribution is 2.32. The molecule has 0 aromatic heterocycles. The van der Waals surface area contributed by atoms with Crippen molar-refractivity contribution in [3.8, 4) is 0 Å². The normalized spacial score (nSPS) is 31.9. The second-order valence-corrected chi connectivity index (χ2v) is 3.60. The third-order valence-electron chi connectivity index (χ3n) is 2.42. The highest BCUT2D eigenvalue weighted by Gasteiger charge is 2.34. The van der Waals surface area contributed by atoms with Gasteiger partial charge in [0.1, 0.15) is 0 Å². The molecule has 1 aliphatic carbocycles. The number of hydrogen-bond donors (Lipinski definition) is 2. The Hall–Kier alpha value is -0.0800. The summed E-state index contributed by atoms with van der Waals surface area (Å²) in [6, 6.07) is 0.763. The van der Waals surface area contributed by atoms with Crippen LogP contribution >= 0.6 is 0 Å². The minimum Gasteiger partial charge on any atom is -0.393 e. The molecular formula is C9H19NO. The Morgan fingerprint density at radius 2 is 2.36 bits per heavy atom. The van der Waals surface area contributed by atoms with Crippen LogP contribution in [0, 0.1) is 5.92 Å². The van der Waals surface area contributed by atoms with Gasteiger partial charge in [0.05, 0.1) is 6.10 Å². The van der Waals surface area contributed by atoms with Gasteiger partial charge in [0.25, 0.3) is 0 Å². The molecule has 2 N–H and O–H groups in total. The summed E-state index contributed by atoms with van der Waals surface area (Å²) >= 11 is 0. The molecule has 11 heavy (non-hydrogen) atoms. The average Bonchev–Trinajstić information content (AvgIpc) is 2.66. The molecule has 0 spiro atoms. The van der Waals surface area contributed by atoms with Crippen LogP contribution in [0.2, 0.25) is 0 Å². The molecule has 0 aromatic carbocycles. The van der Waals surface area contributed by atoms with E-state index in [9.17, 15) is 0 Å². The number of aliphatic hydroxyl groups excluding tert-OH is 1. The van der Waals surface area contributed by atoms with Crippen LogP contribution in [0.1, 0.15) is 33.1 Å². The van der Waals surface area contributed by atoms with Gasteiger partial charge in [0.15, 0.2) is 0 Å². The Labute approximate surface area is 69.0 Å². The van der Waals surface area contributed by atoms with Crippen molar-refractivity contribution in [2.24, 2.45) is 5.92 Å². The fourth-order valence-corrected chi connectivity index (χ4v) is 1.43. The first-order valence-corrected chi connectivity index (χ1v) is 4.65. The maximum atomic E-state index is 8.97. The van der Waals surface area contributed by atoms with Crippen molar-refractivity contribution in [3.05, 3.63) is 0 Å². The van der Waals surface area contributed by atoms with Crippen molar-refractivity contribution in [1.29, 1.82) is 0 Å². The minimum atomic E-state index is -0.152. The molecule has 0 bridgehead atoms. The van der Waals surface area contributed by atoms with Crippen LogP contribution in [-0.4, -0.2) is 23.8 Å². The van der Waals surface area contributed by atoms with Gasteiger partial charge in [0.2, 0.25) is 0 Å². The van der Waals surface area contributed by atoms with Gasteiger partial charge in [-0.15, -0.1) is 0 Å². The molecule has 2 heteroatoms. The van der Waals surface area contributed by atoms with Crippen molar-refractivity contribution in [2.75, 3.05) is 6.54 Å². The fourth-order valence-electron chi connectivity index (χ4n) is 1.43. The van der Waals surface area contributed by atoms with Gasteiger partial charge < -0.3 is 10.4 Å². The van der Waals surface area contributed by atoms with Gasteiger partial charge >= 0.3 is 0 Å². The Morgan fingerprint density at radius 1 is 1.64 bits per heavy atom. The topological polar surface area (TPSA) is 32.3 Å². The van der Waals surface area contributed by atoms with Gasteiger partial charge in [-0.05, 0) is 32.2 Å². The van der Waals surface area contributed by atoms with E-state index in [1.807, 2.05) is 6.92 Å². The molecule has 1 rings (SSSR count). The standard InChI is InChI=1S/C9H19NO/c1-3-8-6-9(8)10-5-4-7(2)11/h7-11H,3-6H2,1-2H3. The molecule has 0 aliphatic heterocycles. The van der Waals surface area contributed by atoms with Crippen LogP contribution < -0.4 is 5.32 Å². The number of nitrogens with one attached hydrogen (secondary N) is 1. The minimum absolute atomic E-state index is 0.152. The summed E-state index contributed by atoms with van der Waals surface area (Å²) in [6.07, 6.45) is 3.37. The van der Waals surface area contributed by atoms with E-state index >= 15 is 0 Å². The van der Waals surface area contributed by atoms with E-state index in [-0.39, 0.29) is 6.10 Å². The van der Waals surface area contributed by atoms with E-state index in [4.69, 9.17) is 5.11 Å². The molecule has 1 aliphatic rings. The first-order valence-electron chi connectivity index (χ1n) is 4.65. The Morgan fingerprint density at radius 3 is 2.82 bits per heavy atom. The van der Waals surface area contributed by atoms with Crippen molar-refractivity contribution in [2.45, 2.75) is 45.3 Å². The third kappa shape index (κ3) is 3.21. The molecule has 0 saturated heterocycles. The molecular weight excluding hydrogens is 138 g/mol. The van der Waals surface area contributed by atoms with Crippen molar-refractivity contribution in [3.63, 3.8) is 0 Å². The summed E-state index contributed by atoms with van der Waals surface area (Å²) in [7, 11) is 0. The van der Waals surface area contributed by atoms with E-state index in [1.165, 1.54) is 12.8 Å². The Kier molecular flexibility index (Phi) is 3.34. The van der Waals surface area contributed by atoms with Crippen LogP contribution in [-0.2, 0) is 0 Å². The molecule has 3 atom stereocenters. The quantitative estimate of drug-likeness (QED) is 0.627. The second-order valence-electron chi connectivity index (χ2n) is 3.60. The van der Waals surface area contributed by atoms with Gasteiger partial charge in [-0.2, -0.15) is 0 Å². The zero-order chi connectivity index (χ0) is 8.27. The number of aliphatic hydroxyl groups is 1. The lowest BCUT2D eigenvalue weighted by Gasteiger charge is -2.04. The predicted octanol–water partition coefficient (Wildman–Crippen LogP) is 1.15. The lowest BCUT2D eigenvalue weighted by Crippen LogP contribution is -2.22. The van der Waals surface area contributed by atoms with Crippen molar-refractivity contribution >= 4 is 0 Å². The SMILES string of the molecule is CCC1CC1NCCC(C)O. The van der Waals surface area contributed by atoms with E-state index in [2.05, 4.69) is 12.2 Å². The highest BCUT2D eigenvalue weighted by atomic mass is 16.3. The van der Waals surface area contributed by atoms with Crippen LogP contribution in [0.15, 0.2) is 0 Å². The van der Waals surface area contributed by atoms with Crippen molar-refractivity contribution < 1.29 is 5.11 Å². The van der Waals surface area contributed by atoms with Gasteiger partial charge in [0, 0.05) is 6.04 Å².